The van der Waals surface area contributed by atoms with Gasteiger partial charge in [0.1, 0.15) is 0 Å². The standard InChI is InChI=1S/C14H11N3O4S/c15-22(20,21)10-3-4-11-12(6-10)14(19)17(13(11)18)8-9-2-1-5-16-7-9/h1-7H,8H2,(H2,15,20,21). The van der Waals surface area contributed by atoms with Gasteiger partial charge in [-0.25, -0.2) is 13.6 Å². The van der Waals surface area contributed by atoms with Crippen LogP contribution in [0.2, 0.25) is 0 Å². The number of aromatic nitrogens is 1. The number of hydrogen-bond donors (Lipinski definition) is 1. The summed E-state index contributed by atoms with van der Waals surface area (Å²) >= 11 is 0. The number of imide groups is 1. The molecule has 1 aliphatic rings. The van der Waals surface area contributed by atoms with E-state index in [1.165, 1.54) is 12.1 Å². The van der Waals surface area contributed by atoms with Gasteiger partial charge in [-0.05, 0) is 29.8 Å². The summed E-state index contributed by atoms with van der Waals surface area (Å²) < 4.78 is 22.7. The fraction of sp³-hybridized carbons (Fsp3) is 0.0714. The summed E-state index contributed by atoms with van der Waals surface area (Å²) in [4.78, 5) is 29.4. The summed E-state index contributed by atoms with van der Waals surface area (Å²) in [5, 5.41) is 5.04. The Bertz CT molecular complexity index is 878. The minimum Gasteiger partial charge on any atom is -0.270 e. The van der Waals surface area contributed by atoms with Crippen LogP contribution in [0.4, 0.5) is 0 Å². The summed E-state index contributed by atoms with van der Waals surface area (Å²) in [6, 6.07) is 7.10. The fourth-order valence-electron chi connectivity index (χ4n) is 2.26. The van der Waals surface area contributed by atoms with Crippen molar-refractivity contribution >= 4 is 21.8 Å². The van der Waals surface area contributed by atoms with Crippen LogP contribution < -0.4 is 5.14 Å². The number of fused-ring (bicyclic) bond motifs is 1. The van der Waals surface area contributed by atoms with E-state index in [0.29, 0.717) is 5.56 Å². The van der Waals surface area contributed by atoms with Crippen LogP contribution in [0.3, 0.4) is 0 Å². The van der Waals surface area contributed by atoms with E-state index < -0.39 is 21.8 Å². The van der Waals surface area contributed by atoms with Gasteiger partial charge in [0.05, 0.1) is 22.6 Å². The number of nitrogens with two attached hydrogens (primary N) is 1. The van der Waals surface area contributed by atoms with Gasteiger partial charge in [-0.2, -0.15) is 0 Å². The Hall–Kier alpha value is -2.58. The lowest BCUT2D eigenvalue weighted by Gasteiger charge is -2.13. The van der Waals surface area contributed by atoms with Gasteiger partial charge < -0.3 is 0 Å². The Morgan fingerprint density at radius 3 is 2.45 bits per heavy atom. The molecule has 0 atom stereocenters. The van der Waals surface area contributed by atoms with E-state index in [4.69, 9.17) is 5.14 Å². The van der Waals surface area contributed by atoms with Crippen molar-refractivity contribution in [1.82, 2.24) is 9.88 Å². The van der Waals surface area contributed by atoms with E-state index in [-0.39, 0.29) is 22.6 Å². The first-order valence-electron chi connectivity index (χ1n) is 6.30. The first-order valence-corrected chi connectivity index (χ1v) is 7.84. The van der Waals surface area contributed by atoms with E-state index in [0.717, 1.165) is 11.0 Å². The number of sulfonamides is 1. The second kappa shape index (κ2) is 5.00. The maximum Gasteiger partial charge on any atom is 0.261 e. The van der Waals surface area contributed by atoms with Crippen molar-refractivity contribution in [2.75, 3.05) is 0 Å². The highest BCUT2D eigenvalue weighted by atomic mass is 32.2. The van der Waals surface area contributed by atoms with Crippen LogP contribution in [0.5, 0.6) is 0 Å². The van der Waals surface area contributed by atoms with Crippen LogP contribution >= 0.6 is 0 Å². The number of benzene rings is 1. The van der Waals surface area contributed by atoms with Crippen molar-refractivity contribution in [2.24, 2.45) is 5.14 Å². The lowest BCUT2D eigenvalue weighted by atomic mass is 10.1. The van der Waals surface area contributed by atoms with E-state index in [1.807, 2.05) is 0 Å². The molecule has 1 aromatic carbocycles. The summed E-state index contributed by atoms with van der Waals surface area (Å²) in [7, 11) is -3.93. The van der Waals surface area contributed by atoms with Crippen LogP contribution in [-0.4, -0.2) is 30.1 Å². The molecule has 0 bridgehead atoms. The molecule has 2 heterocycles. The highest BCUT2D eigenvalue weighted by Gasteiger charge is 2.36. The third-order valence-electron chi connectivity index (χ3n) is 3.33. The highest BCUT2D eigenvalue weighted by Crippen LogP contribution is 2.26. The molecule has 22 heavy (non-hydrogen) atoms. The van der Waals surface area contributed by atoms with Gasteiger partial charge in [0.15, 0.2) is 0 Å². The Morgan fingerprint density at radius 2 is 1.82 bits per heavy atom. The van der Waals surface area contributed by atoms with Gasteiger partial charge in [-0.1, -0.05) is 6.07 Å². The zero-order valence-corrected chi connectivity index (χ0v) is 12.1. The number of pyridine rings is 1. The molecule has 112 valence electrons. The summed E-state index contributed by atoms with van der Waals surface area (Å²) in [6.07, 6.45) is 3.14. The summed E-state index contributed by atoms with van der Waals surface area (Å²) in [5.41, 5.74) is 0.908. The molecule has 2 amide bonds. The number of primary sulfonamides is 1. The van der Waals surface area contributed by atoms with Crippen molar-refractivity contribution in [3.8, 4) is 0 Å². The zero-order valence-electron chi connectivity index (χ0n) is 11.3. The Kier molecular flexibility index (Phi) is 3.27. The molecule has 0 radical (unpaired) electrons. The fourth-order valence-corrected chi connectivity index (χ4v) is 2.80. The van der Waals surface area contributed by atoms with Gasteiger partial charge >= 0.3 is 0 Å². The number of carbonyl (C=O) groups excluding carboxylic acids is 2. The normalized spacial score (nSPS) is 14.3. The molecule has 2 N–H and O–H groups in total. The van der Waals surface area contributed by atoms with Crippen molar-refractivity contribution in [3.05, 3.63) is 59.4 Å². The van der Waals surface area contributed by atoms with Gasteiger partial charge in [-0.3, -0.25) is 19.5 Å². The summed E-state index contributed by atoms with van der Waals surface area (Å²) in [5.74, 6) is -1.01. The lowest BCUT2D eigenvalue weighted by molar-refractivity contribution is 0.0642. The molecule has 1 aromatic heterocycles. The molecule has 7 nitrogen and oxygen atoms in total. The first-order chi connectivity index (χ1) is 10.4. The Balaban J connectivity index is 1.98. The Labute approximate surface area is 126 Å². The van der Waals surface area contributed by atoms with E-state index >= 15 is 0 Å². The maximum absolute atomic E-state index is 12.3. The molecule has 0 unspecified atom stereocenters. The molecule has 2 aromatic rings. The molecular formula is C14H11N3O4S. The predicted octanol–water partition coefficient (Wildman–Crippen LogP) is 0.525. The zero-order chi connectivity index (χ0) is 15.9. The van der Waals surface area contributed by atoms with E-state index in [2.05, 4.69) is 4.98 Å². The van der Waals surface area contributed by atoms with Crippen molar-refractivity contribution < 1.29 is 18.0 Å². The number of carbonyl (C=O) groups is 2. The van der Waals surface area contributed by atoms with Crippen molar-refractivity contribution in [2.45, 2.75) is 11.4 Å². The number of rotatable bonds is 3. The molecule has 8 heteroatoms. The van der Waals surface area contributed by atoms with Gasteiger partial charge in [0.2, 0.25) is 10.0 Å². The first kappa shape index (κ1) is 14.4. The molecule has 0 saturated heterocycles. The van der Waals surface area contributed by atoms with Crippen LogP contribution in [0.25, 0.3) is 0 Å². The molecule has 0 aliphatic carbocycles. The van der Waals surface area contributed by atoms with E-state index in [9.17, 15) is 18.0 Å². The average Bonchev–Trinajstić information content (AvgIpc) is 2.72. The third kappa shape index (κ3) is 2.38. The minimum absolute atomic E-state index is 0.0421. The van der Waals surface area contributed by atoms with Crippen LogP contribution in [0, 0.1) is 0 Å². The SMILES string of the molecule is NS(=O)(=O)c1ccc2c(c1)C(=O)N(Cc1cccnc1)C2=O. The van der Waals surface area contributed by atoms with Gasteiger partial charge in [-0.15, -0.1) is 0 Å². The van der Waals surface area contributed by atoms with Gasteiger partial charge in [0.25, 0.3) is 11.8 Å². The highest BCUT2D eigenvalue weighted by molar-refractivity contribution is 7.89. The van der Waals surface area contributed by atoms with Crippen LogP contribution in [0.15, 0.2) is 47.6 Å². The lowest BCUT2D eigenvalue weighted by Crippen LogP contribution is -2.29. The number of amides is 2. The number of nitrogens with zero attached hydrogens (tertiary/aromatic N) is 2. The smallest absolute Gasteiger partial charge is 0.261 e. The average molecular weight is 317 g/mol. The Morgan fingerprint density at radius 1 is 1.09 bits per heavy atom. The second-order valence-electron chi connectivity index (χ2n) is 4.81. The predicted molar refractivity (Wildman–Crippen MR) is 76.3 cm³/mol. The third-order valence-corrected chi connectivity index (χ3v) is 4.25. The van der Waals surface area contributed by atoms with Gasteiger partial charge in [0, 0.05) is 12.4 Å². The monoisotopic (exact) mass is 317 g/mol. The van der Waals surface area contributed by atoms with Crippen molar-refractivity contribution in [3.63, 3.8) is 0 Å². The topological polar surface area (TPSA) is 110 Å². The van der Waals surface area contributed by atoms with E-state index in [1.54, 1.807) is 24.5 Å². The summed E-state index contributed by atoms with van der Waals surface area (Å²) in [6.45, 7) is 0.0743. The molecule has 0 saturated carbocycles. The van der Waals surface area contributed by atoms with Crippen molar-refractivity contribution in [1.29, 1.82) is 0 Å². The molecule has 0 spiro atoms. The minimum atomic E-state index is -3.93. The van der Waals surface area contributed by atoms with Crippen LogP contribution in [-0.2, 0) is 16.6 Å². The molecular weight excluding hydrogens is 306 g/mol. The maximum atomic E-state index is 12.3. The number of hydrogen-bond acceptors (Lipinski definition) is 5. The molecule has 1 aliphatic heterocycles. The second-order valence-corrected chi connectivity index (χ2v) is 6.37. The quantitative estimate of drug-likeness (QED) is 0.830. The van der Waals surface area contributed by atoms with Crippen LogP contribution in [0.1, 0.15) is 26.3 Å². The largest absolute Gasteiger partial charge is 0.270 e. The molecule has 3 rings (SSSR count). The molecule has 0 fully saturated rings.